The zero-order chi connectivity index (χ0) is 15.4. The molecule has 0 saturated heterocycles. The topological polar surface area (TPSA) is 46.7 Å². The lowest BCUT2D eigenvalue weighted by Crippen LogP contribution is -2.35. The maximum absolute atomic E-state index is 5.39. The van der Waals surface area contributed by atoms with Gasteiger partial charge in [-0.3, -0.25) is 9.80 Å². The lowest BCUT2D eigenvalue weighted by atomic mass is 10.3. The van der Waals surface area contributed by atoms with E-state index in [2.05, 4.69) is 27.6 Å². The van der Waals surface area contributed by atoms with Gasteiger partial charge in [-0.1, -0.05) is 0 Å². The van der Waals surface area contributed by atoms with Crippen LogP contribution in [0.2, 0.25) is 0 Å². The molecule has 6 nitrogen and oxygen atoms in total. The number of aromatic nitrogens is 2. The maximum Gasteiger partial charge on any atom is 0.123 e. The monoisotopic (exact) mass is 304 g/mol. The number of rotatable bonds is 7. The van der Waals surface area contributed by atoms with E-state index in [4.69, 9.17) is 14.1 Å². The molecule has 0 atom stereocenters. The first-order chi connectivity index (χ1) is 10.7. The second kappa shape index (κ2) is 7.09. The van der Waals surface area contributed by atoms with Gasteiger partial charge >= 0.3 is 0 Å². The zero-order valence-electron chi connectivity index (χ0n) is 13.4. The van der Waals surface area contributed by atoms with Crippen molar-refractivity contribution in [3.63, 3.8) is 0 Å². The molecule has 3 heterocycles. The third kappa shape index (κ3) is 3.76. The first-order valence-corrected chi connectivity index (χ1v) is 7.72. The summed E-state index contributed by atoms with van der Waals surface area (Å²) >= 11 is 0. The quantitative estimate of drug-likeness (QED) is 0.777. The Morgan fingerprint density at radius 2 is 2.27 bits per heavy atom. The van der Waals surface area contributed by atoms with Crippen molar-refractivity contribution < 1.29 is 9.15 Å². The highest BCUT2D eigenvalue weighted by Gasteiger charge is 2.18. The Kier molecular flexibility index (Phi) is 4.92. The molecule has 0 fully saturated rings. The molecule has 0 N–H and O–H groups in total. The van der Waals surface area contributed by atoms with Crippen LogP contribution in [0.3, 0.4) is 0 Å². The van der Waals surface area contributed by atoms with E-state index in [-0.39, 0.29) is 0 Å². The average Bonchev–Trinajstić information content (AvgIpc) is 3.13. The predicted octanol–water partition coefficient (Wildman–Crippen LogP) is 1.57. The fourth-order valence-electron chi connectivity index (χ4n) is 2.85. The predicted molar refractivity (Wildman–Crippen MR) is 83.3 cm³/mol. The molecular formula is C16H24N4O2. The van der Waals surface area contributed by atoms with E-state index in [1.165, 1.54) is 0 Å². The highest BCUT2D eigenvalue weighted by Crippen LogP contribution is 2.14. The fraction of sp³-hybridized carbons (Fsp3) is 0.562. The van der Waals surface area contributed by atoms with Gasteiger partial charge in [-0.15, -0.1) is 0 Å². The van der Waals surface area contributed by atoms with Gasteiger partial charge in [0.15, 0.2) is 0 Å². The molecule has 2 aromatic heterocycles. The molecule has 3 rings (SSSR count). The minimum Gasteiger partial charge on any atom is -0.468 e. The SMILES string of the molecule is COCCN1CCn2cc(CN(C)Cc3ccco3)nc2C1. The highest BCUT2D eigenvalue weighted by molar-refractivity contribution is 5.07. The number of hydrogen-bond donors (Lipinski definition) is 0. The Bertz CT molecular complexity index is 579. The number of hydrogen-bond acceptors (Lipinski definition) is 5. The van der Waals surface area contributed by atoms with Gasteiger partial charge in [0, 0.05) is 39.5 Å². The van der Waals surface area contributed by atoms with Gasteiger partial charge < -0.3 is 13.7 Å². The van der Waals surface area contributed by atoms with Crippen molar-refractivity contribution in [2.45, 2.75) is 26.2 Å². The Morgan fingerprint density at radius 3 is 3.05 bits per heavy atom. The summed E-state index contributed by atoms with van der Waals surface area (Å²) in [6, 6.07) is 3.93. The number of ether oxygens (including phenoxy) is 1. The second-order valence-corrected chi connectivity index (χ2v) is 5.86. The Balaban J connectivity index is 1.56. The summed E-state index contributed by atoms with van der Waals surface area (Å²) in [5.41, 5.74) is 1.12. The lowest BCUT2D eigenvalue weighted by molar-refractivity contribution is 0.130. The Labute approximate surface area is 131 Å². The lowest BCUT2D eigenvalue weighted by Gasteiger charge is -2.26. The second-order valence-electron chi connectivity index (χ2n) is 5.86. The van der Waals surface area contributed by atoms with Crippen molar-refractivity contribution in [3.8, 4) is 0 Å². The minimum atomic E-state index is 0.777. The summed E-state index contributed by atoms with van der Waals surface area (Å²) in [5.74, 6) is 2.14. The van der Waals surface area contributed by atoms with Crippen LogP contribution < -0.4 is 0 Å². The molecule has 0 unspecified atom stereocenters. The molecule has 22 heavy (non-hydrogen) atoms. The van der Waals surface area contributed by atoms with E-state index < -0.39 is 0 Å². The van der Waals surface area contributed by atoms with Crippen molar-refractivity contribution in [3.05, 3.63) is 41.9 Å². The summed E-state index contributed by atoms with van der Waals surface area (Å²) in [6.45, 7) is 6.36. The summed E-state index contributed by atoms with van der Waals surface area (Å²) in [5, 5.41) is 0. The van der Waals surface area contributed by atoms with Crippen molar-refractivity contribution in [2.75, 3.05) is 33.9 Å². The fourth-order valence-corrected chi connectivity index (χ4v) is 2.85. The maximum atomic E-state index is 5.39. The van der Waals surface area contributed by atoms with Crippen molar-refractivity contribution in [1.29, 1.82) is 0 Å². The molecule has 1 aliphatic heterocycles. The number of nitrogens with zero attached hydrogens (tertiary/aromatic N) is 4. The van der Waals surface area contributed by atoms with Crippen molar-refractivity contribution in [2.24, 2.45) is 0 Å². The van der Waals surface area contributed by atoms with Gasteiger partial charge in [0.25, 0.3) is 0 Å². The summed E-state index contributed by atoms with van der Waals surface area (Å²) in [7, 11) is 3.84. The number of imidazole rings is 1. The molecule has 0 bridgehead atoms. The van der Waals surface area contributed by atoms with Gasteiger partial charge in [-0.2, -0.15) is 0 Å². The smallest absolute Gasteiger partial charge is 0.123 e. The van der Waals surface area contributed by atoms with Crippen LogP contribution in [0.15, 0.2) is 29.0 Å². The van der Waals surface area contributed by atoms with E-state index in [0.717, 1.165) is 63.2 Å². The standard InChI is InChI=1S/C16H24N4O2/c1-18(12-15-4-3-8-22-15)10-14-11-20-6-5-19(7-9-21-2)13-16(20)17-14/h3-4,8,11H,5-7,9-10,12-13H2,1-2H3. The number of fused-ring (bicyclic) bond motifs is 1. The Hall–Kier alpha value is -1.63. The van der Waals surface area contributed by atoms with E-state index in [1.807, 2.05) is 12.1 Å². The van der Waals surface area contributed by atoms with Gasteiger partial charge in [0.1, 0.15) is 11.6 Å². The third-order valence-corrected chi connectivity index (χ3v) is 3.98. The van der Waals surface area contributed by atoms with Crippen LogP contribution in [0.5, 0.6) is 0 Å². The van der Waals surface area contributed by atoms with E-state index in [9.17, 15) is 0 Å². The van der Waals surface area contributed by atoms with Crippen LogP contribution in [-0.2, 0) is 30.9 Å². The number of furan rings is 1. The third-order valence-electron chi connectivity index (χ3n) is 3.98. The molecule has 120 valence electrons. The molecule has 2 aromatic rings. The van der Waals surface area contributed by atoms with Crippen LogP contribution in [0.4, 0.5) is 0 Å². The van der Waals surface area contributed by atoms with E-state index >= 15 is 0 Å². The normalized spacial score (nSPS) is 15.4. The van der Waals surface area contributed by atoms with E-state index in [0.29, 0.717) is 0 Å². The first-order valence-electron chi connectivity index (χ1n) is 7.72. The van der Waals surface area contributed by atoms with Crippen LogP contribution in [0.1, 0.15) is 17.3 Å². The summed E-state index contributed by atoms with van der Waals surface area (Å²) < 4.78 is 12.8. The molecule has 1 aliphatic rings. The van der Waals surface area contributed by atoms with Gasteiger partial charge in [-0.05, 0) is 19.2 Å². The Morgan fingerprint density at radius 1 is 1.36 bits per heavy atom. The summed E-state index contributed by atoms with van der Waals surface area (Å²) in [4.78, 5) is 9.40. The van der Waals surface area contributed by atoms with Gasteiger partial charge in [0.2, 0.25) is 0 Å². The van der Waals surface area contributed by atoms with Gasteiger partial charge in [-0.25, -0.2) is 4.98 Å². The van der Waals surface area contributed by atoms with Crippen LogP contribution in [0.25, 0.3) is 0 Å². The van der Waals surface area contributed by atoms with Crippen molar-refractivity contribution in [1.82, 2.24) is 19.4 Å². The molecule has 6 heteroatoms. The largest absolute Gasteiger partial charge is 0.468 e. The van der Waals surface area contributed by atoms with E-state index in [1.54, 1.807) is 13.4 Å². The van der Waals surface area contributed by atoms with Gasteiger partial charge in [0.05, 0.1) is 31.7 Å². The van der Waals surface area contributed by atoms with Crippen LogP contribution >= 0.6 is 0 Å². The molecular weight excluding hydrogens is 280 g/mol. The highest BCUT2D eigenvalue weighted by atomic mass is 16.5. The molecule has 0 amide bonds. The average molecular weight is 304 g/mol. The molecule has 0 aliphatic carbocycles. The summed E-state index contributed by atoms with van der Waals surface area (Å²) in [6.07, 6.45) is 3.90. The molecule has 0 spiro atoms. The van der Waals surface area contributed by atoms with Crippen LogP contribution in [-0.4, -0.2) is 53.2 Å². The molecule has 0 aromatic carbocycles. The molecule has 0 saturated carbocycles. The minimum absolute atomic E-state index is 0.777. The molecule has 0 radical (unpaired) electrons. The first kappa shape index (κ1) is 15.3. The number of methoxy groups -OCH3 is 1. The van der Waals surface area contributed by atoms with Crippen molar-refractivity contribution >= 4 is 0 Å². The zero-order valence-corrected chi connectivity index (χ0v) is 13.4. The van der Waals surface area contributed by atoms with Crippen LogP contribution in [0, 0.1) is 0 Å².